The fourth-order valence-corrected chi connectivity index (χ4v) is 2.72. The molecule has 27 heavy (non-hydrogen) atoms. The number of halogens is 1. The van der Waals surface area contributed by atoms with E-state index in [0.29, 0.717) is 22.8 Å². The van der Waals surface area contributed by atoms with Gasteiger partial charge in [-0.05, 0) is 43.7 Å². The minimum Gasteiger partial charge on any atom is -0.351 e. The van der Waals surface area contributed by atoms with Gasteiger partial charge in [0.1, 0.15) is 5.41 Å². The summed E-state index contributed by atoms with van der Waals surface area (Å²) < 4.78 is 0. The lowest BCUT2D eigenvalue weighted by Crippen LogP contribution is -2.44. The van der Waals surface area contributed by atoms with Gasteiger partial charge in [-0.1, -0.05) is 41.9 Å². The summed E-state index contributed by atoms with van der Waals surface area (Å²) >= 11 is 5.86. The number of nitrogens with zero attached hydrogens (tertiary/aromatic N) is 1. The number of pyridine rings is 1. The van der Waals surface area contributed by atoms with Crippen LogP contribution in [0.5, 0.6) is 0 Å². The third-order valence-corrected chi connectivity index (χ3v) is 4.63. The second-order valence-electron chi connectivity index (χ2n) is 6.77. The number of fused-ring (bicyclic) bond motifs is 1. The van der Waals surface area contributed by atoms with Crippen LogP contribution in [-0.4, -0.2) is 16.8 Å². The average Bonchev–Trinajstić information content (AvgIpc) is 2.67. The summed E-state index contributed by atoms with van der Waals surface area (Å²) in [5, 5.41) is 7.19. The average molecular weight is 382 g/mol. The van der Waals surface area contributed by atoms with Crippen LogP contribution in [0.3, 0.4) is 0 Å². The zero-order chi connectivity index (χ0) is 19.4. The quantitative estimate of drug-likeness (QED) is 0.651. The van der Waals surface area contributed by atoms with Crippen LogP contribution in [-0.2, 0) is 16.1 Å². The summed E-state index contributed by atoms with van der Waals surface area (Å²) in [6.07, 6.45) is 1.67. The number of aromatic nitrogens is 1. The first-order valence-electron chi connectivity index (χ1n) is 8.56. The Morgan fingerprint density at radius 1 is 1.00 bits per heavy atom. The number of hydrogen-bond acceptors (Lipinski definition) is 3. The molecule has 3 rings (SSSR count). The van der Waals surface area contributed by atoms with E-state index < -0.39 is 11.3 Å². The third-order valence-electron chi connectivity index (χ3n) is 4.38. The Hall–Kier alpha value is -2.92. The maximum absolute atomic E-state index is 12.8. The number of amides is 2. The number of para-hydroxylation sites is 1. The molecule has 5 nitrogen and oxygen atoms in total. The van der Waals surface area contributed by atoms with Crippen molar-refractivity contribution in [1.29, 1.82) is 0 Å². The second kappa shape index (κ2) is 7.76. The molecule has 0 aliphatic heterocycles. The van der Waals surface area contributed by atoms with E-state index >= 15 is 0 Å². The minimum absolute atomic E-state index is 0.322. The van der Waals surface area contributed by atoms with Crippen molar-refractivity contribution < 1.29 is 9.59 Å². The van der Waals surface area contributed by atoms with E-state index in [1.807, 2.05) is 36.4 Å². The lowest BCUT2D eigenvalue weighted by atomic mass is 9.90. The summed E-state index contributed by atoms with van der Waals surface area (Å²) in [6, 6.07) is 16.5. The van der Waals surface area contributed by atoms with Crippen LogP contribution < -0.4 is 10.6 Å². The van der Waals surface area contributed by atoms with E-state index in [2.05, 4.69) is 15.6 Å². The summed E-state index contributed by atoms with van der Waals surface area (Å²) in [7, 11) is 0. The maximum Gasteiger partial charge on any atom is 0.239 e. The van der Waals surface area contributed by atoms with Gasteiger partial charge in [-0.2, -0.15) is 0 Å². The van der Waals surface area contributed by atoms with Gasteiger partial charge in [0, 0.05) is 23.2 Å². The predicted octanol–water partition coefficient (Wildman–Crippen LogP) is 4.17. The zero-order valence-electron chi connectivity index (χ0n) is 15.1. The molecule has 0 atom stereocenters. The summed E-state index contributed by atoms with van der Waals surface area (Å²) in [5.74, 6) is -0.752. The molecule has 138 valence electrons. The van der Waals surface area contributed by atoms with Gasteiger partial charge < -0.3 is 10.6 Å². The Morgan fingerprint density at radius 3 is 2.44 bits per heavy atom. The topological polar surface area (TPSA) is 71.1 Å². The van der Waals surface area contributed by atoms with Crippen molar-refractivity contribution in [2.24, 2.45) is 5.41 Å². The summed E-state index contributed by atoms with van der Waals surface area (Å²) in [4.78, 5) is 29.7. The van der Waals surface area contributed by atoms with Crippen LogP contribution >= 0.6 is 11.6 Å². The number of anilines is 1. The lowest BCUT2D eigenvalue weighted by molar-refractivity contribution is -0.138. The van der Waals surface area contributed by atoms with E-state index in [1.165, 1.54) is 0 Å². The molecule has 2 aromatic carbocycles. The number of nitrogens with one attached hydrogen (secondary N) is 2. The largest absolute Gasteiger partial charge is 0.351 e. The number of benzene rings is 2. The molecule has 2 amide bonds. The highest BCUT2D eigenvalue weighted by Gasteiger charge is 2.36. The number of carbonyl (C=O) groups excluding carboxylic acids is 2. The number of carbonyl (C=O) groups is 2. The molecule has 0 fully saturated rings. The monoisotopic (exact) mass is 381 g/mol. The molecule has 0 radical (unpaired) electrons. The smallest absolute Gasteiger partial charge is 0.239 e. The van der Waals surface area contributed by atoms with E-state index in [4.69, 9.17) is 11.6 Å². The number of hydrogen-bond donors (Lipinski definition) is 2. The Morgan fingerprint density at radius 2 is 1.70 bits per heavy atom. The van der Waals surface area contributed by atoms with Crippen molar-refractivity contribution in [3.05, 3.63) is 71.4 Å². The maximum atomic E-state index is 12.8. The molecule has 0 bridgehead atoms. The number of rotatable bonds is 5. The standard InChI is InChI=1S/C21H20ClN3O2/c1-21(2,19(26)24-13-14-8-10-16(22)11-9-14)20(27)25-17-7-3-5-15-6-4-12-23-18(15)17/h3-12H,13H2,1-2H3,(H,24,26)(H,25,27). The molecule has 1 aromatic heterocycles. The first kappa shape index (κ1) is 18.9. The third kappa shape index (κ3) is 4.26. The van der Waals surface area contributed by atoms with E-state index in [-0.39, 0.29) is 5.91 Å². The van der Waals surface area contributed by atoms with Crippen molar-refractivity contribution in [2.45, 2.75) is 20.4 Å². The molecular formula is C21H20ClN3O2. The van der Waals surface area contributed by atoms with Gasteiger partial charge in [-0.25, -0.2) is 0 Å². The van der Waals surface area contributed by atoms with Gasteiger partial charge in [0.25, 0.3) is 0 Å². The van der Waals surface area contributed by atoms with Gasteiger partial charge in [-0.15, -0.1) is 0 Å². The van der Waals surface area contributed by atoms with Gasteiger partial charge >= 0.3 is 0 Å². The zero-order valence-corrected chi connectivity index (χ0v) is 15.9. The molecule has 1 heterocycles. The predicted molar refractivity (Wildman–Crippen MR) is 107 cm³/mol. The molecule has 0 aliphatic carbocycles. The van der Waals surface area contributed by atoms with Gasteiger partial charge in [0.05, 0.1) is 11.2 Å². The Bertz CT molecular complexity index is 979. The highest BCUT2D eigenvalue weighted by molar-refractivity contribution is 6.30. The van der Waals surface area contributed by atoms with Gasteiger partial charge in [0.2, 0.25) is 11.8 Å². The fraction of sp³-hybridized carbons (Fsp3) is 0.190. The molecule has 0 saturated heterocycles. The molecular weight excluding hydrogens is 362 g/mol. The summed E-state index contributed by atoms with van der Waals surface area (Å²) in [6.45, 7) is 3.51. The van der Waals surface area contributed by atoms with Crippen LogP contribution in [0.4, 0.5) is 5.69 Å². The van der Waals surface area contributed by atoms with Crippen molar-refractivity contribution in [2.75, 3.05) is 5.32 Å². The molecule has 0 aliphatic rings. The van der Waals surface area contributed by atoms with Crippen LogP contribution in [0.15, 0.2) is 60.8 Å². The molecule has 3 aromatic rings. The Kier molecular flexibility index (Phi) is 5.42. The van der Waals surface area contributed by atoms with E-state index in [1.54, 1.807) is 38.2 Å². The fourth-order valence-electron chi connectivity index (χ4n) is 2.59. The van der Waals surface area contributed by atoms with Crippen molar-refractivity contribution in [3.8, 4) is 0 Å². The summed E-state index contributed by atoms with van der Waals surface area (Å²) in [5.41, 5.74) is 0.924. The molecule has 0 unspecified atom stereocenters. The van der Waals surface area contributed by atoms with Crippen LogP contribution in [0, 0.1) is 5.41 Å². The van der Waals surface area contributed by atoms with Crippen molar-refractivity contribution in [1.82, 2.24) is 10.3 Å². The SMILES string of the molecule is CC(C)(C(=O)NCc1ccc(Cl)cc1)C(=O)Nc1cccc2cccnc12. The Labute approximate surface area is 162 Å². The highest BCUT2D eigenvalue weighted by Crippen LogP contribution is 2.24. The molecule has 0 saturated carbocycles. The Balaban J connectivity index is 1.70. The normalized spacial score (nSPS) is 11.2. The van der Waals surface area contributed by atoms with Gasteiger partial charge in [-0.3, -0.25) is 14.6 Å². The molecule has 2 N–H and O–H groups in total. The highest BCUT2D eigenvalue weighted by atomic mass is 35.5. The van der Waals surface area contributed by atoms with Gasteiger partial charge in [0.15, 0.2) is 0 Å². The van der Waals surface area contributed by atoms with E-state index in [0.717, 1.165) is 10.9 Å². The first-order chi connectivity index (χ1) is 12.9. The van der Waals surface area contributed by atoms with Crippen LogP contribution in [0.1, 0.15) is 19.4 Å². The van der Waals surface area contributed by atoms with Crippen molar-refractivity contribution in [3.63, 3.8) is 0 Å². The molecule has 6 heteroatoms. The lowest BCUT2D eigenvalue weighted by Gasteiger charge is -2.23. The van der Waals surface area contributed by atoms with Crippen LogP contribution in [0.25, 0.3) is 10.9 Å². The van der Waals surface area contributed by atoms with Crippen LogP contribution in [0.2, 0.25) is 5.02 Å². The van der Waals surface area contributed by atoms with E-state index in [9.17, 15) is 9.59 Å². The minimum atomic E-state index is -1.25. The molecule has 0 spiro atoms. The first-order valence-corrected chi connectivity index (χ1v) is 8.93. The van der Waals surface area contributed by atoms with Crippen molar-refractivity contribution >= 4 is 40.0 Å². The second-order valence-corrected chi connectivity index (χ2v) is 7.21.